The molecule has 1 amide bonds. The van der Waals surface area contributed by atoms with E-state index in [0.717, 1.165) is 18.7 Å². The summed E-state index contributed by atoms with van der Waals surface area (Å²) in [5.41, 5.74) is 1.42. The van der Waals surface area contributed by atoms with E-state index in [-0.39, 0.29) is 17.3 Å². The van der Waals surface area contributed by atoms with E-state index < -0.39 is 15.6 Å². The van der Waals surface area contributed by atoms with Crippen molar-refractivity contribution < 1.29 is 22.0 Å². The van der Waals surface area contributed by atoms with Crippen LogP contribution >= 0.6 is 11.6 Å². The fourth-order valence-electron chi connectivity index (χ4n) is 3.21. The van der Waals surface area contributed by atoms with Crippen molar-refractivity contribution in [2.75, 3.05) is 38.0 Å². The number of alkyl halides is 2. The lowest BCUT2D eigenvalue weighted by molar-refractivity contribution is -0.117. The standard InChI is InChI=1S/C20H22ClF2N3O3S/c21-17-3-1-2-4-18(17)24-19(27)14-26-11-9-25(10-12-26)13-15-5-7-16(8-6-15)30(28,29)20(22)23/h1-8,20H,9-14H2,(H,24,27). The molecule has 0 radical (unpaired) electrons. The smallest absolute Gasteiger partial charge is 0.324 e. The lowest BCUT2D eigenvalue weighted by Gasteiger charge is -2.34. The van der Waals surface area contributed by atoms with Crippen LogP contribution in [-0.2, 0) is 21.2 Å². The van der Waals surface area contributed by atoms with Crippen molar-refractivity contribution in [1.82, 2.24) is 9.80 Å². The van der Waals surface area contributed by atoms with Crippen molar-refractivity contribution in [2.24, 2.45) is 0 Å². The Morgan fingerprint density at radius 2 is 1.60 bits per heavy atom. The van der Waals surface area contributed by atoms with Crippen LogP contribution in [-0.4, -0.2) is 62.6 Å². The van der Waals surface area contributed by atoms with Crippen LogP contribution in [0.3, 0.4) is 0 Å². The summed E-state index contributed by atoms with van der Waals surface area (Å²) < 4.78 is 48.2. The summed E-state index contributed by atoms with van der Waals surface area (Å²) in [5.74, 6) is -3.56. The lowest BCUT2D eigenvalue weighted by Crippen LogP contribution is -2.48. The Labute approximate surface area is 179 Å². The summed E-state index contributed by atoms with van der Waals surface area (Å²) in [6.07, 6.45) is 0. The van der Waals surface area contributed by atoms with E-state index in [9.17, 15) is 22.0 Å². The van der Waals surface area contributed by atoms with E-state index in [1.165, 1.54) is 12.1 Å². The number of nitrogens with one attached hydrogen (secondary N) is 1. The molecule has 0 unspecified atom stereocenters. The van der Waals surface area contributed by atoms with Gasteiger partial charge in [0.05, 0.1) is 22.2 Å². The minimum absolute atomic E-state index is 0.132. The first-order chi connectivity index (χ1) is 14.3. The SMILES string of the molecule is O=C(CN1CCN(Cc2ccc(S(=O)(=O)C(F)F)cc2)CC1)Nc1ccccc1Cl. The Morgan fingerprint density at radius 3 is 2.20 bits per heavy atom. The van der Waals surface area contributed by atoms with Crippen molar-refractivity contribution >= 4 is 33.0 Å². The number of sulfone groups is 1. The number of nitrogens with zero attached hydrogens (tertiary/aromatic N) is 2. The Hall–Kier alpha value is -2.07. The molecule has 0 saturated carbocycles. The molecular weight excluding hydrogens is 436 g/mol. The monoisotopic (exact) mass is 457 g/mol. The van der Waals surface area contributed by atoms with E-state index in [1.54, 1.807) is 36.4 Å². The molecule has 3 rings (SSSR count). The predicted octanol–water partition coefficient (Wildman–Crippen LogP) is 3.09. The Morgan fingerprint density at radius 1 is 1.00 bits per heavy atom. The van der Waals surface area contributed by atoms with E-state index in [2.05, 4.69) is 10.2 Å². The molecule has 0 atom stereocenters. The lowest BCUT2D eigenvalue weighted by atomic mass is 10.2. The van der Waals surface area contributed by atoms with Crippen molar-refractivity contribution in [1.29, 1.82) is 0 Å². The maximum Gasteiger partial charge on any atom is 0.341 e. The molecule has 1 fully saturated rings. The van der Waals surface area contributed by atoms with Gasteiger partial charge in [-0.2, -0.15) is 8.78 Å². The Balaban J connectivity index is 1.46. The number of benzene rings is 2. The largest absolute Gasteiger partial charge is 0.341 e. The van der Waals surface area contributed by atoms with Gasteiger partial charge in [0.15, 0.2) is 0 Å². The zero-order valence-electron chi connectivity index (χ0n) is 16.1. The van der Waals surface area contributed by atoms with Gasteiger partial charge in [-0.3, -0.25) is 14.6 Å². The summed E-state index contributed by atoms with van der Waals surface area (Å²) in [5, 5.41) is 3.29. The fraction of sp³-hybridized carbons (Fsp3) is 0.350. The second-order valence-corrected chi connectivity index (χ2v) is 9.35. The van der Waals surface area contributed by atoms with Crippen LogP contribution in [0, 0.1) is 0 Å². The van der Waals surface area contributed by atoms with Gasteiger partial charge in [0.1, 0.15) is 0 Å². The van der Waals surface area contributed by atoms with Crippen LogP contribution in [0.1, 0.15) is 5.56 Å². The van der Waals surface area contributed by atoms with Gasteiger partial charge in [-0.15, -0.1) is 0 Å². The molecule has 0 spiro atoms. The zero-order valence-corrected chi connectivity index (χ0v) is 17.7. The van der Waals surface area contributed by atoms with Crippen LogP contribution in [0.5, 0.6) is 0 Å². The quantitative estimate of drug-likeness (QED) is 0.692. The second-order valence-electron chi connectivity index (χ2n) is 7.03. The molecule has 1 aliphatic rings. The van der Waals surface area contributed by atoms with E-state index >= 15 is 0 Å². The van der Waals surface area contributed by atoms with Gasteiger partial charge in [-0.25, -0.2) is 8.42 Å². The van der Waals surface area contributed by atoms with Crippen molar-refractivity contribution in [3.8, 4) is 0 Å². The number of anilines is 1. The molecule has 1 heterocycles. The molecule has 0 aromatic heterocycles. The number of halogens is 3. The first kappa shape index (κ1) is 22.6. The molecule has 10 heteroatoms. The number of rotatable bonds is 7. The zero-order chi connectivity index (χ0) is 21.7. The predicted molar refractivity (Wildman–Crippen MR) is 111 cm³/mol. The summed E-state index contributed by atoms with van der Waals surface area (Å²) in [6.45, 7) is 3.71. The van der Waals surface area contributed by atoms with Crippen molar-refractivity contribution in [3.05, 3.63) is 59.1 Å². The third-order valence-electron chi connectivity index (χ3n) is 4.87. The molecule has 1 aliphatic heterocycles. The minimum atomic E-state index is -4.57. The summed E-state index contributed by atoms with van der Waals surface area (Å²) in [6, 6.07) is 12.6. The first-order valence-electron chi connectivity index (χ1n) is 9.36. The molecule has 2 aromatic rings. The molecule has 2 aromatic carbocycles. The van der Waals surface area contributed by atoms with Crippen LogP contribution in [0.15, 0.2) is 53.4 Å². The molecule has 30 heavy (non-hydrogen) atoms. The molecule has 0 bridgehead atoms. The van der Waals surface area contributed by atoms with E-state index in [1.807, 2.05) is 4.90 Å². The van der Waals surface area contributed by atoms with Crippen LogP contribution in [0.2, 0.25) is 5.02 Å². The second kappa shape index (κ2) is 9.82. The highest BCUT2D eigenvalue weighted by Gasteiger charge is 2.26. The van der Waals surface area contributed by atoms with Gasteiger partial charge >= 0.3 is 5.76 Å². The molecule has 162 valence electrons. The number of hydrogen-bond acceptors (Lipinski definition) is 5. The summed E-state index contributed by atoms with van der Waals surface area (Å²) >= 11 is 6.05. The average molecular weight is 458 g/mol. The third-order valence-corrected chi connectivity index (χ3v) is 6.60. The molecule has 6 nitrogen and oxygen atoms in total. The first-order valence-corrected chi connectivity index (χ1v) is 11.3. The Bertz CT molecular complexity index is 979. The van der Waals surface area contributed by atoms with Crippen molar-refractivity contribution in [3.63, 3.8) is 0 Å². The highest BCUT2D eigenvalue weighted by molar-refractivity contribution is 7.91. The molecule has 0 aliphatic carbocycles. The van der Waals surface area contributed by atoms with Gasteiger partial charge in [0.2, 0.25) is 15.7 Å². The van der Waals surface area contributed by atoms with Gasteiger partial charge in [-0.05, 0) is 29.8 Å². The maximum absolute atomic E-state index is 12.6. The molecule has 1 saturated heterocycles. The van der Waals surface area contributed by atoms with Crippen LogP contribution in [0.4, 0.5) is 14.5 Å². The van der Waals surface area contributed by atoms with Gasteiger partial charge in [0, 0.05) is 32.7 Å². The van der Waals surface area contributed by atoms with Gasteiger partial charge < -0.3 is 5.32 Å². The highest BCUT2D eigenvalue weighted by atomic mass is 35.5. The topological polar surface area (TPSA) is 69.7 Å². The maximum atomic E-state index is 12.6. The van der Waals surface area contributed by atoms with E-state index in [0.29, 0.717) is 30.3 Å². The Kier molecular flexibility index (Phi) is 7.41. The van der Waals surface area contributed by atoms with Crippen LogP contribution < -0.4 is 5.32 Å². The fourth-order valence-corrected chi connectivity index (χ4v) is 4.11. The number of carbonyl (C=O) groups is 1. The van der Waals surface area contributed by atoms with Gasteiger partial charge in [0.25, 0.3) is 0 Å². The third kappa shape index (κ3) is 5.75. The number of carbonyl (C=O) groups excluding carboxylic acids is 1. The number of piperazine rings is 1. The summed E-state index contributed by atoms with van der Waals surface area (Å²) in [7, 11) is -4.57. The van der Waals surface area contributed by atoms with Gasteiger partial charge in [-0.1, -0.05) is 35.9 Å². The normalized spacial score (nSPS) is 16.0. The number of amides is 1. The summed E-state index contributed by atoms with van der Waals surface area (Å²) in [4.78, 5) is 16.1. The highest BCUT2D eigenvalue weighted by Crippen LogP contribution is 2.21. The number of para-hydroxylation sites is 1. The average Bonchev–Trinajstić information content (AvgIpc) is 2.71. The molecular formula is C20H22ClF2N3O3S. The molecule has 1 N–H and O–H groups in total. The minimum Gasteiger partial charge on any atom is -0.324 e. The van der Waals surface area contributed by atoms with Crippen molar-refractivity contribution in [2.45, 2.75) is 17.2 Å². The number of hydrogen-bond donors (Lipinski definition) is 1. The van der Waals surface area contributed by atoms with E-state index in [4.69, 9.17) is 11.6 Å². The van der Waals surface area contributed by atoms with Crippen LogP contribution in [0.25, 0.3) is 0 Å².